The van der Waals surface area contributed by atoms with E-state index in [1.807, 2.05) is 42.7 Å². The summed E-state index contributed by atoms with van der Waals surface area (Å²) in [7, 11) is -1.48. The van der Waals surface area contributed by atoms with E-state index in [0.29, 0.717) is 5.90 Å². The minimum absolute atomic E-state index is 0.0642. The standard InChI is InChI=1S/C21H23N3OSi/c1-26(2,3)24-14-18(22-15-24)21-23-19(16-10-6-4-7-11-16)20(25-21)17-12-8-5-9-13-17/h4-15,19-20H,1-3H3. The molecule has 1 aromatic heterocycles. The van der Waals surface area contributed by atoms with E-state index in [-0.39, 0.29) is 12.1 Å². The minimum atomic E-state index is -1.48. The molecule has 1 aliphatic heterocycles. The second kappa shape index (κ2) is 6.57. The highest BCUT2D eigenvalue weighted by atomic mass is 28.3. The summed E-state index contributed by atoms with van der Waals surface area (Å²) in [5.41, 5.74) is 3.09. The fourth-order valence-electron chi connectivity index (χ4n) is 3.13. The van der Waals surface area contributed by atoms with Gasteiger partial charge in [0, 0.05) is 6.20 Å². The number of benzene rings is 2. The molecule has 0 radical (unpaired) electrons. The molecule has 0 N–H and O–H groups in total. The molecule has 26 heavy (non-hydrogen) atoms. The van der Waals surface area contributed by atoms with E-state index in [4.69, 9.17) is 9.73 Å². The Morgan fingerprint density at radius 1 is 0.885 bits per heavy atom. The summed E-state index contributed by atoms with van der Waals surface area (Å²) in [6, 6.07) is 20.6. The highest BCUT2D eigenvalue weighted by Crippen LogP contribution is 2.40. The van der Waals surface area contributed by atoms with Crippen molar-refractivity contribution < 1.29 is 4.74 Å². The van der Waals surface area contributed by atoms with Gasteiger partial charge in [-0.05, 0) is 11.1 Å². The first-order valence-electron chi connectivity index (χ1n) is 8.91. The van der Waals surface area contributed by atoms with Crippen molar-refractivity contribution in [3.05, 3.63) is 90.0 Å². The quantitative estimate of drug-likeness (QED) is 0.625. The first kappa shape index (κ1) is 16.8. The van der Waals surface area contributed by atoms with Gasteiger partial charge in [0.2, 0.25) is 5.90 Å². The van der Waals surface area contributed by atoms with Crippen LogP contribution in [0.1, 0.15) is 29.0 Å². The van der Waals surface area contributed by atoms with Gasteiger partial charge in [-0.3, -0.25) is 0 Å². The van der Waals surface area contributed by atoms with Crippen molar-refractivity contribution in [1.82, 2.24) is 9.22 Å². The van der Waals surface area contributed by atoms with E-state index in [1.54, 1.807) is 0 Å². The number of ether oxygens (including phenoxy) is 1. The van der Waals surface area contributed by atoms with Gasteiger partial charge in [-0.1, -0.05) is 80.3 Å². The molecule has 1 aliphatic rings. The summed E-state index contributed by atoms with van der Waals surface area (Å²) in [4.78, 5) is 9.48. The Labute approximate surface area is 155 Å². The number of hydrogen-bond donors (Lipinski definition) is 0. The van der Waals surface area contributed by atoms with Crippen LogP contribution in [0.15, 0.2) is 78.2 Å². The molecule has 0 saturated heterocycles. The van der Waals surface area contributed by atoms with E-state index in [0.717, 1.165) is 16.8 Å². The average Bonchev–Trinajstić information content (AvgIpc) is 3.30. The Kier molecular flexibility index (Phi) is 4.24. The molecule has 0 saturated carbocycles. The van der Waals surface area contributed by atoms with Crippen LogP contribution in [0.4, 0.5) is 0 Å². The van der Waals surface area contributed by atoms with Gasteiger partial charge in [-0.2, -0.15) is 0 Å². The summed E-state index contributed by atoms with van der Waals surface area (Å²) >= 11 is 0. The maximum absolute atomic E-state index is 6.32. The minimum Gasteiger partial charge on any atom is -0.465 e. The molecule has 4 rings (SSSR count). The van der Waals surface area contributed by atoms with Crippen molar-refractivity contribution in [2.24, 2.45) is 4.99 Å². The second-order valence-corrected chi connectivity index (χ2v) is 12.4. The molecule has 2 heterocycles. The van der Waals surface area contributed by atoms with E-state index < -0.39 is 8.24 Å². The predicted octanol–water partition coefficient (Wildman–Crippen LogP) is 4.83. The summed E-state index contributed by atoms with van der Waals surface area (Å²) in [6.07, 6.45) is 3.84. The van der Waals surface area contributed by atoms with Crippen LogP contribution < -0.4 is 0 Å². The van der Waals surface area contributed by atoms with Crippen LogP contribution in [-0.2, 0) is 4.74 Å². The van der Waals surface area contributed by atoms with Gasteiger partial charge in [0.1, 0.15) is 11.7 Å². The van der Waals surface area contributed by atoms with E-state index >= 15 is 0 Å². The molecular formula is C21H23N3OSi. The lowest BCUT2D eigenvalue weighted by molar-refractivity contribution is 0.196. The van der Waals surface area contributed by atoms with E-state index in [1.165, 1.54) is 0 Å². The molecule has 0 spiro atoms. The zero-order chi connectivity index (χ0) is 18.1. The van der Waals surface area contributed by atoms with Crippen LogP contribution in [0.5, 0.6) is 0 Å². The van der Waals surface area contributed by atoms with Crippen molar-refractivity contribution in [2.75, 3.05) is 0 Å². The number of imidazole rings is 1. The maximum Gasteiger partial charge on any atom is 0.238 e. The summed E-state index contributed by atoms with van der Waals surface area (Å²) < 4.78 is 8.54. The molecule has 132 valence electrons. The zero-order valence-electron chi connectivity index (χ0n) is 15.3. The SMILES string of the molecule is C[Si](C)(C)n1cnc(C2=NC(c3ccccc3)C(c3ccccc3)O2)c1. The summed E-state index contributed by atoms with van der Waals surface area (Å²) in [5.74, 6) is 0.629. The maximum atomic E-state index is 6.32. The van der Waals surface area contributed by atoms with Crippen LogP contribution in [0.2, 0.25) is 19.6 Å². The Bertz CT molecular complexity index is 913. The van der Waals surface area contributed by atoms with Gasteiger partial charge in [-0.15, -0.1) is 0 Å². The fourth-order valence-corrected chi connectivity index (χ4v) is 4.04. The molecular weight excluding hydrogens is 338 g/mol. The number of hydrogen-bond acceptors (Lipinski definition) is 3. The molecule has 4 nitrogen and oxygen atoms in total. The van der Waals surface area contributed by atoms with E-state index in [9.17, 15) is 0 Å². The Balaban J connectivity index is 1.72. The van der Waals surface area contributed by atoms with Gasteiger partial charge in [-0.25, -0.2) is 9.98 Å². The molecule has 2 atom stereocenters. The molecule has 0 fully saturated rings. The van der Waals surface area contributed by atoms with Crippen molar-refractivity contribution in [3.8, 4) is 0 Å². The molecule has 2 aromatic carbocycles. The summed E-state index contributed by atoms with van der Waals surface area (Å²) in [5, 5.41) is 0. The molecule has 0 bridgehead atoms. The van der Waals surface area contributed by atoms with Crippen LogP contribution in [0, 0.1) is 0 Å². The number of nitrogens with zero attached hydrogens (tertiary/aromatic N) is 3. The van der Waals surface area contributed by atoms with Gasteiger partial charge in [0.25, 0.3) is 0 Å². The first-order valence-corrected chi connectivity index (χ1v) is 12.4. The number of rotatable bonds is 4. The van der Waals surface area contributed by atoms with Crippen LogP contribution in [0.3, 0.4) is 0 Å². The van der Waals surface area contributed by atoms with E-state index in [2.05, 4.69) is 59.3 Å². The Hall–Kier alpha value is -2.66. The lowest BCUT2D eigenvalue weighted by atomic mass is 9.97. The van der Waals surface area contributed by atoms with Gasteiger partial charge in [0.05, 0.1) is 6.33 Å². The smallest absolute Gasteiger partial charge is 0.238 e. The highest BCUT2D eigenvalue weighted by molar-refractivity contribution is 6.74. The third-order valence-electron chi connectivity index (χ3n) is 4.63. The molecule has 2 unspecified atom stereocenters. The van der Waals surface area contributed by atoms with Crippen molar-refractivity contribution in [1.29, 1.82) is 0 Å². The van der Waals surface area contributed by atoms with Gasteiger partial charge in [0.15, 0.2) is 14.3 Å². The fraction of sp³-hybridized carbons (Fsp3) is 0.238. The third-order valence-corrected chi connectivity index (χ3v) is 6.42. The van der Waals surface area contributed by atoms with Gasteiger partial charge < -0.3 is 8.97 Å². The molecule has 0 aliphatic carbocycles. The van der Waals surface area contributed by atoms with Crippen LogP contribution in [-0.4, -0.2) is 23.3 Å². The van der Waals surface area contributed by atoms with Crippen molar-refractivity contribution in [2.45, 2.75) is 31.8 Å². The molecule has 3 aromatic rings. The van der Waals surface area contributed by atoms with Crippen LogP contribution in [0.25, 0.3) is 0 Å². The van der Waals surface area contributed by atoms with Crippen LogP contribution >= 0.6 is 0 Å². The lowest BCUT2D eigenvalue weighted by Gasteiger charge is -2.18. The zero-order valence-corrected chi connectivity index (χ0v) is 16.3. The van der Waals surface area contributed by atoms with Gasteiger partial charge >= 0.3 is 0 Å². The molecule has 5 heteroatoms. The monoisotopic (exact) mass is 361 g/mol. The predicted molar refractivity (Wildman–Crippen MR) is 107 cm³/mol. The Morgan fingerprint density at radius 2 is 1.50 bits per heavy atom. The Morgan fingerprint density at radius 3 is 2.08 bits per heavy atom. The first-order chi connectivity index (χ1) is 12.5. The summed E-state index contributed by atoms with van der Waals surface area (Å²) in [6.45, 7) is 6.86. The second-order valence-electron chi connectivity index (χ2n) is 7.58. The number of aliphatic imine (C=N–C) groups is 1. The highest BCUT2D eigenvalue weighted by Gasteiger charge is 2.35. The molecule has 0 amide bonds. The largest absolute Gasteiger partial charge is 0.465 e. The third kappa shape index (κ3) is 3.22. The van der Waals surface area contributed by atoms with Crippen molar-refractivity contribution >= 4 is 14.1 Å². The lowest BCUT2D eigenvalue weighted by Crippen LogP contribution is -2.30. The topological polar surface area (TPSA) is 39.4 Å². The van der Waals surface area contributed by atoms with Crippen molar-refractivity contribution in [3.63, 3.8) is 0 Å². The number of aromatic nitrogens is 2. The average molecular weight is 362 g/mol. The normalized spacial score (nSPS) is 19.9.